The number of carbonyl (C=O) groups excluding carboxylic acids is 1. The van der Waals surface area contributed by atoms with Gasteiger partial charge in [-0.3, -0.25) is 4.79 Å². The molecule has 1 unspecified atom stereocenters. The number of fused-ring (bicyclic) bond motifs is 1. The molecule has 1 fully saturated rings. The highest BCUT2D eigenvalue weighted by molar-refractivity contribution is 5.94. The molecule has 1 atom stereocenters. The Balaban J connectivity index is 2.03. The molecule has 24 heavy (non-hydrogen) atoms. The van der Waals surface area contributed by atoms with Gasteiger partial charge >= 0.3 is 0 Å². The summed E-state index contributed by atoms with van der Waals surface area (Å²) in [5, 5.41) is 3.69. The second kappa shape index (κ2) is 6.55. The van der Waals surface area contributed by atoms with E-state index in [4.69, 9.17) is 14.5 Å². The van der Waals surface area contributed by atoms with Crippen molar-refractivity contribution in [3.63, 3.8) is 0 Å². The fourth-order valence-electron chi connectivity index (χ4n) is 3.34. The van der Waals surface area contributed by atoms with Crippen molar-refractivity contribution in [3.8, 4) is 11.5 Å². The maximum Gasteiger partial charge on any atom is 0.224 e. The van der Waals surface area contributed by atoms with Crippen LogP contribution in [0.4, 0.5) is 5.82 Å². The SMILES string of the molecule is CNC(=O)C1CCN(c2cc(C)c3c(OC)ccc(OC)c3n2)C1. The van der Waals surface area contributed by atoms with Crippen molar-refractivity contribution in [1.29, 1.82) is 0 Å². The summed E-state index contributed by atoms with van der Waals surface area (Å²) in [4.78, 5) is 18.8. The van der Waals surface area contributed by atoms with Crippen LogP contribution in [0.1, 0.15) is 12.0 Å². The number of rotatable bonds is 4. The van der Waals surface area contributed by atoms with Crippen LogP contribution in [0, 0.1) is 12.8 Å². The van der Waals surface area contributed by atoms with Gasteiger partial charge in [-0.25, -0.2) is 4.98 Å². The minimum absolute atomic E-state index is 0.0139. The van der Waals surface area contributed by atoms with Crippen molar-refractivity contribution in [2.24, 2.45) is 5.92 Å². The molecule has 3 rings (SSSR count). The number of hydrogen-bond acceptors (Lipinski definition) is 5. The molecule has 2 heterocycles. The molecule has 1 aliphatic rings. The zero-order valence-electron chi connectivity index (χ0n) is 14.5. The standard InChI is InChI=1S/C18H23N3O3/c1-11-9-15(21-8-7-12(10-21)18(22)19-2)20-17-14(24-4)6-5-13(23-3)16(11)17/h5-6,9,12H,7-8,10H2,1-4H3,(H,19,22). The number of ether oxygens (including phenoxy) is 2. The molecule has 1 aromatic heterocycles. The third-order valence-corrected chi connectivity index (χ3v) is 4.64. The minimum atomic E-state index is 0.0139. The number of anilines is 1. The van der Waals surface area contributed by atoms with Crippen molar-refractivity contribution >= 4 is 22.6 Å². The van der Waals surface area contributed by atoms with Crippen LogP contribution in [0.5, 0.6) is 11.5 Å². The predicted octanol–water partition coefficient (Wildman–Crippen LogP) is 2.13. The monoisotopic (exact) mass is 329 g/mol. The number of methoxy groups -OCH3 is 2. The Kier molecular flexibility index (Phi) is 4.46. The zero-order chi connectivity index (χ0) is 17.3. The first-order valence-electron chi connectivity index (χ1n) is 8.08. The summed E-state index contributed by atoms with van der Waals surface area (Å²) in [6.07, 6.45) is 0.841. The molecule has 1 amide bonds. The van der Waals surface area contributed by atoms with E-state index in [9.17, 15) is 4.79 Å². The smallest absolute Gasteiger partial charge is 0.224 e. The van der Waals surface area contributed by atoms with Gasteiger partial charge in [0, 0.05) is 25.5 Å². The van der Waals surface area contributed by atoms with Crippen molar-refractivity contribution in [2.75, 3.05) is 39.3 Å². The predicted molar refractivity (Wildman–Crippen MR) is 94.0 cm³/mol. The van der Waals surface area contributed by atoms with Gasteiger partial charge in [0.1, 0.15) is 22.8 Å². The Morgan fingerprint density at radius 1 is 1.29 bits per heavy atom. The molecule has 1 N–H and O–H groups in total. The molecule has 1 aliphatic heterocycles. The summed E-state index contributed by atoms with van der Waals surface area (Å²) in [5.74, 6) is 2.48. The van der Waals surface area contributed by atoms with Crippen LogP contribution >= 0.6 is 0 Å². The Morgan fingerprint density at radius 2 is 2.00 bits per heavy atom. The van der Waals surface area contributed by atoms with E-state index < -0.39 is 0 Å². The third kappa shape index (κ3) is 2.72. The first-order valence-corrected chi connectivity index (χ1v) is 8.08. The zero-order valence-corrected chi connectivity index (χ0v) is 14.5. The van der Waals surface area contributed by atoms with E-state index in [0.717, 1.165) is 46.7 Å². The van der Waals surface area contributed by atoms with Gasteiger partial charge in [0.15, 0.2) is 0 Å². The number of pyridine rings is 1. The summed E-state index contributed by atoms with van der Waals surface area (Å²) in [5.41, 5.74) is 1.87. The van der Waals surface area contributed by atoms with Gasteiger partial charge in [-0.15, -0.1) is 0 Å². The molecule has 1 saturated heterocycles. The van der Waals surface area contributed by atoms with Gasteiger partial charge in [0.2, 0.25) is 5.91 Å². The highest BCUT2D eigenvalue weighted by Crippen LogP contribution is 2.36. The maximum absolute atomic E-state index is 11.9. The van der Waals surface area contributed by atoms with Crippen molar-refractivity contribution < 1.29 is 14.3 Å². The summed E-state index contributed by atoms with van der Waals surface area (Å²) < 4.78 is 10.9. The molecule has 0 bridgehead atoms. The van der Waals surface area contributed by atoms with E-state index in [1.807, 2.05) is 19.1 Å². The van der Waals surface area contributed by atoms with Gasteiger partial charge in [0.25, 0.3) is 0 Å². The number of hydrogen-bond donors (Lipinski definition) is 1. The van der Waals surface area contributed by atoms with Gasteiger partial charge in [-0.1, -0.05) is 0 Å². The molecule has 0 spiro atoms. The molecular formula is C18H23N3O3. The molecular weight excluding hydrogens is 306 g/mol. The number of nitrogens with zero attached hydrogens (tertiary/aromatic N) is 2. The van der Waals surface area contributed by atoms with Gasteiger partial charge < -0.3 is 19.7 Å². The van der Waals surface area contributed by atoms with E-state index in [2.05, 4.69) is 16.3 Å². The van der Waals surface area contributed by atoms with Crippen LogP contribution in [-0.2, 0) is 4.79 Å². The van der Waals surface area contributed by atoms with Crippen molar-refractivity contribution in [1.82, 2.24) is 10.3 Å². The third-order valence-electron chi connectivity index (χ3n) is 4.64. The number of carbonyl (C=O) groups is 1. The van der Waals surface area contributed by atoms with E-state index in [1.54, 1.807) is 21.3 Å². The lowest BCUT2D eigenvalue weighted by molar-refractivity contribution is -0.123. The Hall–Kier alpha value is -2.50. The average Bonchev–Trinajstić information content (AvgIpc) is 3.10. The van der Waals surface area contributed by atoms with Crippen LogP contribution in [0.15, 0.2) is 18.2 Å². The van der Waals surface area contributed by atoms with E-state index in [1.165, 1.54) is 0 Å². The van der Waals surface area contributed by atoms with Crippen LogP contribution in [0.2, 0.25) is 0 Å². The number of aromatic nitrogens is 1. The van der Waals surface area contributed by atoms with Gasteiger partial charge in [-0.2, -0.15) is 0 Å². The lowest BCUT2D eigenvalue weighted by Gasteiger charge is -2.20. The quantitative estimate of drug-likeness (QED) is 0.931. The minimum Gasteiger partial charge on any atom is -0.496 e. The molecule has 128 valence electrons. The Labute approximate surface area is 141 Å². The first kappa shape index (κ1) is 16.4. The molecule has 2 aromatic rings. The average molecular weight is 329 g/mol. The molecule has 6 heteroatoms. The number of aryl methyl sites for hydroxylation is 1. The lowest BCUT2D eigenvalue weighted by Crippen LogP contribution is -2.30. The van der Waals surface area contributed by atoms with Crippen molar-refractivity contribution in [3.05, 3.63) is 23.8 Å². The largest absolute Gasteiger partial charge is 0.496 e. The summed E-state index contributed by atoms with van der Waals surface area (Å²) >= 11 is 0. The van der Waals surface area contributed by atoms with Crippen LogP contribution in [-0.4, -0.2) is 45.2 Å². The Bertz CT molecular complexity index is 776. The van der Waals surface area contributed by atoms with Crippen LogP contribution in [0.3, 0.4) is 0 Å². The summed E-state index contributed by atoms with van der Waals surface area (Å²) in [7, 11) is 4.98. The van der Waals surface area contributed by atoms with E-state index in [-0.39, 0.29) is 11.8 Å². The highest BCUT2D eigenvalue weighted by atomic mass is 16.5. The normalized spacial score (nSPS) is 17.2. The molecule has 1 aromatic carbocycles. The van der Waals surface area contributed by atoms with Crippen LogP contribution < -0.4 is 19.7 Å². The maximum atomic E-state index is 11.9. The second-order valence-electron chi connectivity index (χ2n) is 6.04. The van der Waals surface area contributed by atoms with E-state index in [0.29, 0.717) is 6.54 Å². The first-order chi connectivity index (χ1) is 11.6. The van der Waals surface area contributed by atoms with Gasteiger partial charge in [0.05, 0.1) is 20.1 Å². The highest BCUT2D eigenvalue weighted by Gasteiger charge is 2.29. The number of amides is 1. The fraction of sp³-hybridized carbons (Fsp3) is 0.444. The van der Waals surface area contributed by atoms with E-state index >= 15 is 0 Å². The molecule has 0 radical (unpaired) electrons. The number of nitrogens with one attached hydrogen (secondary N) is 1. The Morgan fingerprint density at radius 3 is 2.67 bits per heavy atom. The topological polar surface area (TPSA) is 63.7 Å². The summed E-state index contributed by atoms with van der Waals surface area (Å²) in [6.45, 7) is 3.55. The van der Waals surface area contributed by atoms with Crippen molar-refractivity contribution in [2.45, 2.75) is 13.3 Å². The second-order valence-corrected chi connectivity index (χ2v) is 6.04. The molecule has 6 nitrogen and oxygen atoms in total. The fourth-order valence-corrected chi connectivity index (χ4v) is 3.34. The molecule has 0 aliphatic carbocycles. The lowest BCUT2D eigenvalue weighted by atomic mass is 10.1. The molecule has 0 saturated carbocycles. The number of benzene rings is 1. The van der Waals surface area contributed by atoms with Crippen LogP contribution in [0.25, 0.3) is 10.9 Å². The van der Waals surface area contributed by atoms with Gasteiger partial charge in [-0.05, 0) is 37.1 Å². The summed E-state index contributed by atoms with van der Waals surface area (Å²) in [6, 6.07) is 5.82.